The van der Waals surface area contributed by atoms with Crippen molar-refractivity contribution in [3.05, 3.63) is 69.7 Å². The Morgan fingerprint density at radius 2 is 1.72 bits per heavy atom. The molecule has 5 atom stereocenters. The average molecular weight is 459 g/mol. The van der Waals surface area contributed by atoms with Crippen LogP contribution in [-0.2, 0) is 11.2 Å². The first-order chi connectivity index (χ1) is 15.3. The Kier molecular flexibility index (Phi) is 6.89. The van der Waals surface area contributed by atoms with Crippen molar-refractivity contribution in [2.45, 2.75) is 61.8 Å². The standard InChI is InChI=1S/C25H27ClO6/c26-19-7-6-17(24-23(30)22(29)21(28)20(14-27)32-24)13-18(19)12-16-4-2-15(3-5-16)8-11-25(31)9-1-10-25/h2-7,13,20-24,27-31H,1,9-10,12,14H2/t20-,21-,22+,23-,24+/m1/s1. The topological polar surface area (TPSA) is 110 Å². The largest absolute Gasteiger partial charge is 0.394 e. The van der Waals surface area contributed by atoms with Crippen molar-refractivity contribution in [2.24, 2.45) is 0 Å². The summed E-state index contributed by atoms with van der Waals surface area (Å²) in [6.07, 6.45) is -3.07. The van der Waals surface area contributed by atoms with Crippen LogP contribution in [0.5, 0.6) is 0 Å². The molecule has 2 aliphatic rings. The molecule has 4 rings (SSSR count). The van der Waals surface area contributed by atoms with Crippen LogP contribution in [0.15, 0.2) is 42.5 Å². The second-order valence-corrected chi connectivity index (χ2v) is 9.02. The van der Waals surface area contributed by atoms with E-state index in [1.807, 2.05) is 24.3 Å². The molecule has 1 aliphatic carbocycles. The van der Waals surface area contributed by atoms with Crippen molar-refractivity contribution in [1.29, 1.82) is 0 Å². The van der Waals surface area contributed by atoms with Crippen LogP contribution in [0.25, 0.3) is 0 Å². The predicted molar refractivity (Wildman–Crippen MR) is 119 cm³/mol. The van der Waals surface area contributed by atoms with Gasteiger partial charge in [0.05, 0.1) is 6.61 Å². The van der Waals surface area contributed by atoms with E-state index in [2.05, 4.69) is 11.8 Å². The summed E-state index contributed by atoms with van der Waals surface area (Å²) in [5.41, 5.74) is 2.40. The third-order valence-corrected chi connectivity index (χ3v) is 6.63. The molecule has 0 radical (unpaired) electrons. The van der Waals surface area contributed by atoms with E-state index in [1.165, 1.54) is 0 Å². The minimum absolute atomic E-state index is 0.478. The summed E-state index contributed by atoms with van der Waals surface area (Å²) in [5, 5.41) is 50.6. The van der Waals surface area contributed by atoms with Gasteiger partial charge in [0.1, 0.15) is 36.1 Å². The highest BCUT2D eigenvalue weighted by atomic mass is 35.5. The lowest BCUT2D eigenvalue weighted by molar-refractivity contribution is -0.231. The average Bonchev–Trinajstić information content (AvgIpc) is 2.77. The molecule has 6 nitrogen and oxygen atoms in total. The molecule has 0 amide bonds. The maximum Gasteiger partial charge on any atom is 0.125 e. The molecule has 2 aromatic rings. The van der Waals surface area contributed by atoms with E-state index in [1.54, 1.807) is 18.2 Å². The van der Waals surface area contributed by atoms with E-state index in [4.69, 9.17) is 16.3 Å². The molecule has 0 spiro atoms. The highest BCUT2D eigenvalue weighted by Crippen LogP contribution is 2.34. The van der Waals surface area contributed by atoms with Crippen LogP contribution in [-0.4, -0.2) is 62.2 Å². The van der Waals surface area contributed by atoms with Crippen molar-refractivity contribution >= 4 is 11.6 Å². The van der Waals surface area contributed by atoms with Crippen molar-refractivity contribution in [3.8, 4) is 11.8 Å². The maximum absolute atomic E-state index is 10.4. The summed E-state index contributed by atoms with van der Waals surface area (Å²) in [4.78, 5) is 0. The van der Waals surface area contributed by atoms with E-state index in [0.29, 0.717) is 17.0 Å². The van der Waals surface area contributed by atoms with Crippen LogP contribution in [0.3, 0.4) is 0 Å². The number of aliphatic hydroxyl groups excluding tert-OH is 4. The highest BCUT2D eigenvalue weighted by Gasteiger charge is 2.44. The summed E-state index contributed by atoms with van der Waals surface area (Å²) in [6.45, 7) is -0.478. The van der Waals surface area contributed by atoms with Crippen LogP contribution in [0.4, 0.5) is 0 Å². The molecular weight excluding hydrogens is 432 g/mol. The molecule has 2 aromatic carbocycles. The Morgan fingerprint density at radius 3 is 2.34 bits per heavy atom. The van der Waals surface area contributed by atoms with Gasteiger partial charge in [0.25, 0.3) is 0 Å². The second kappa shape index (κ2) is 9.50. The summed E-state index contributed by atoms with van der Waals surface area (Å²) in [7, 11) is 0. The van der Waals surface area contributed by atoms with Gasteiger partial charge in [-0.25, -0.2) is 0 Å². The first-order valence-electron chi connectivity index (χ1n) is 10.7. The molecule has 5 N–H and O–H groups in total. The minimum Gasteiger partial charge on any atom is -0.394 e. The van der Waals surface area contributed by atoms with E-state index in [-0.39, 0.29) is 0 Å². The van der Waals surface area contributed by atoms with Crippen molar-refractivity contribution in [2.75, 3.05) is 6.61 Å². The first kappa shape index (κ1) is 23.2. The highest BCUT2D eigenvalue weighted by molar-refractivity contribution is 6.31. The van der Waals surface area contributed by atoms with Crippen LogP contribution in [0.1, 0.15) is 47.6 Å². The zero-order chi connectivity index (χ0) is 22.9. The van der Waals surface area contributed by atoms with E-state index in [9.17, 15) is 25.5 Å². The Bertz CT molecular complexity index is 1010. The number of ether oxygens (including phenoxy) is 1. The van der Waals surface area contributed by atoms with Crippen LogP contribution >= 0.6 is 11.6 Å². The molecule has 32 heavy (non-hydrogen) atoms. The zero-order valence-corrected chi connectivity index (χ0v) is 18.2. The third-order valence-electron chi connectivity index (χ3n) is 6.26. The van der Waals surface area contributed by atoms with Gasteiger partial charge in [0.15, 0.2) is 0 Å². The molecule has 0 aromatic heterocycles. The van der Waals surface area contributed by atoms with E-state index >= 15 is 0 Å². The van der Waals surface area contributed by atoms with Crippen LogP contribution in [0, 0.1) is 11.8 Å². The molecule has 7 heteroatoms. The van der Waals surface area contributed by atoms with E-state index in [0.717, 1.165) is 36.0 Å². The maximum atomic E-state index is 10.4. The molecule has 170 valence electrons. The second-order valence-electron chi connectivity index (χ2n) is 8.61. The molecule has 1 saturated heterocycles. The van der Waals surface area contributed by atoms with E-state index < -0.39 is 42.7 Å². The Hall–Kier alpha value is -1.95. The third kappa shape index (κ3) is 4.85. The monoisotopic (exact) mass is 458 g/mol. The van der Waals surface area contributed by atoms with Gasteiger partial charge < -0.3 is 30.3 Å². The van der Waals surface area contributed by atoms with Crippen LogP contribution in [0.2, 0.25) is 5.02 Å². The van der Waals surface area contributed by atoms with Gasteiger partial charge >= 0.3 is 0 Å². The normalized spacial score (nSPS) is 29.0. The summed E-state index contributed by atoms with van der Waals surface area (Å²) < 4.78 is 5.66. The number of hydrogen-bond acceptors (Lipinski definition) is 6. The molecule has 0 bridgehead atoms. The SMILES string of the molecule is OC[C@H]1O[C@@H](c2ccc(Cl)c(Cc3ccc(C#CC4(O)CCC4)cc3)c2)[C@H](O)[C@@H](O)[C@@H]1O. The van der Waals surface area contributed by atoms with Gasteiger partial charge in [0, 0.05) is 10.6 Å². The molecule has 1 aliphatic heterocycles. The summed E-state index contributed by atoms with van der Waals surface area (Å²) in [5.74, 6) is 5.97. The van der Waals surface area contributed by atoms with Gasteiger partial charge in [-0.2, -0.15) is 0 Å². The molecule has 2 fully saturated rings. The molecule has 1 heterocycles. The van der Waals surface area contributed by atoms with Gasteiger partial charge in [-0.05, 0) is 60.6 Å². The van der Waals surface area contributed by atoms with Gasteiger partial charge in [-0.3, -0.25) is 0 Å². The fourth-order valence-electron chi connectivity index (χ4n) is 4.04. The molecular formula is C25H27ClO6. The van der Waals surface area contributed by atoms with Gasteiger partial charge in [-0.1, -0.05) is 47.7 Å². The summed E-state index contributed by atoms with van der Waals surface area (Å²) in [6, 6.07) is 12.9. The first-order valence-corrected chi connectivity index (χ1v) is 11.1. The van der Waals surface area contributed by atoms with Gasteiger partial charge in [-0.15, -0.1) is 0 Å². The number of halogens is 1. The smallest absolute Gasteiger partial charge is 0.125 e. The number of rotatable bonds is 4. The lowest BCUT2D eigenvalue weighted by Crippen LogP contribution is -2.55. The fraction of sp³-hybridized carbons (Fsp3) is 0.440. The minimum atomic E-state index is -1.43. The molecule has 1 saturated carbocycles. The predicted octanol–water partition coefficient (Wildman–Crippen LogP) is 1.71. The lowest BCUT2D eigenvalue weighted by atomic mass is 9.81. The number of aliphatic hydroxyl groups is 5. The Balaban J connectivity index is 1.51. The number of hydrogen-bond donors (Lipinski definition) is 5. The quantitative estimate of drug-likeness (QED) is 0.446. The van der Waals surface area contributed by atoms with Crippen LogP contribution < -0.4 is 0 Å². The lowest BCUT2D eigenvalue weighted by Gasteiger charge is -2.40. The van der Waals surface area contributed by atoms with Crippen molar-refractivity contribution < 1.29 is 30.3 Å². The van der Waals surface area contributed by atoms with Crippen molar-refractivity contribution in [3.63, 3.8) is 0 Å². The fourth-order valence-corrected chi connectivity index (χ4v) is 4.22. The zero-order valence-electron chi connectivity index (χ0n) is 17.5. The van der Waals surface area contributed by atoms with Crippen molar-refractivity contribution in [1.82, 2.24) is 0 Å². The summed E-state index contributed by atoms with van der Waals surface area (Å²) >= 11 is 6.40. The van der Waals surface area contributed by atoms with Gasteiger partial charge in [0.2, 0.25) is 0 Å². The Labute approximate surface area is 192 Å². The Morgan fingerprint density at radius 1 is 1.00 bits per heavy atom. The molecule has 0 unspecified atom stereocenters. The number of benzene rings is 2.